The molecule has 1 aromatic heterocycles. The smallest absolute Gasteiger partial charge is 0.191 e. The highest BCUT2D eigenvalue weighted by molar-refractivity contribution is 5.79. The number of benzene rings is 1. The summed E-state index contributed by atoms with van der Waals surface area (Å²) >= 11 is 0. The summed E-state index contributed by atoms with van der Waals surface area (Å²) in [5, 5.41) is 10.9. The molecule has 0 fully saturated rings. The lowest BCUT2D eigenvalue weighted by Gasteiger charge is -2.18. The molecule has 6 nitrogen and oxygen atoms in total. The van der Waals surface area contributed by atoms with E-state index in [0.29, 0.717) is 6.54 Å². The van der Waals surface area contributed by atoms with Gasteiger partial charge in [-0.2, -0.15) is 0 Å². The van der Waals surface area contributed by atoms with Gasteiger partial charge in [-0.3, -0.25) is 4.99 Å². The second-order valence-corrected chi connectivity index (χ2v) is 6.56. The van der Waals surface area contributed by atoms with Crippen LogP contribution >= 0.6 is 0 Å². The molecule has 3 rings (SSSR count). The third kappa shape index (κ3) is 4.70. The number of nitrogens with one attached hydrogen (secondary N) is 2. The van der Waals surface area contributed by atoms with Crippen molar-refractivity contribution in [3.8, 4) is 0 Å². The van der Waals surface area contributed by atoms with E-state index in [1.165, 1.54) is 11.3 Å². The van der Waals surface area contributed by atoms with Gasteiger partial charge in [0.2, 0.25) is 0 Å². The number of aryl methyl sites for hydroxylation is 2. The molecule has 27 heavy (non-hydrogen) atoms. The molecule has 0 unspecified atom stereocenters. The molecular weight excluding hydrogens is 338 g/mol. The van der Waals surface area contributed by atoms with Crippen molar-refractivity contribution in [2.75, 3.05) is 25.0 Å². The zero-order valence-electron chi connectivity index (χ0n) is 16.5. The standard InChI is InChI=1S/C21H29N5O/c1-4-19-18(20(5-2)27-25-19)15-24-21(22-3)23-14-16-8-10-17(11-9-16)26-12-6-7-13-26/h6-11H,4-5,12-15H2,1-3H3,(H2,22,23,24). The summed E-state index contributed by atoms with van der Waals surface area (Å²) in [4.78, 5) is 6.66. The molecule has 0 spiro atoms. The number of aromatic nitrogens is 1. The van der Waals surface area contributed by atoms with Crippen molar-refractivity contribution >= 4 is 11.6 Å². The Morgan fingerprint density at radius 3 is 2.41 bits per heavy atom. The number of hydrogen-bond donors (Lipinski definition) is 2. The Morgan fingerprint density at radius 2 is 1.78 bits per heavy atom. The second kappa shape index (κ2) is 9.26. The maximum absolute atomic E-state index is 5.43. The summed E-state index contributed by atoms with van der Waals surface area (Å²) in [6.07, 6.45) is 6.11. The van der Waals surface area contributed by atoms with Gasteiger partial charge in [-0.15, -0.1) is 0 Å². The summed E-state index contributed by atoms with van der Waals surface area (Å²) in [6.45, 7) is 7.56. The van der Waals surface area contributed by atoms with Crippen LogP contribution in [0.25, 0.3) is 0 Å². The zero-order chi connectivity index (χ0) is 19.1. The van der Waals surface area contributed by atoms with Gasteiger partial charge < -0.3 is 20.1 Å². The number of rotatable bonds is 7. The van der Waals surface area contributed by atoms with Crippen LogP contribution in [0.3, 0.4) is 0 Å². The molecule has 1 aliphatic heterocycles. The van der Waals surface area contributed by atoms with Crippen LogP contribution in [0.5, 0.6) is 0 Å². The van der Waals surface area contributed by atoms with Gasteiger partial charge in [0, 0.05) is 50.9 Å². The first kappa shape index (κ1) is 19.0. The van der Waals surface area contributed by atoms with Crippen LogP contribution in [0, 0.1) is 0 Å². The summed E-state index contributed by atoms with van der Waals surface area (Å²) in [7, 11) is 1.79. The molecule has 0 amide bonds. The fourth-order valence-corrected chi connectivity index (χ4v) is 3.23. The van der Waals surface area contributed by atoms with Gasteiger partial charge in [0.1, 0.15) is 5.76 Å². The van der Waals surface area contributed by atoms with E-state index in [-0.39, 0.29) is 0 Å². The molecule has 0 saturated carbocycles. The van der Waals surface area contributed by atoms with Crippen molar-refractivity contribution in [3.63, 3.8) is 0 Å². The number of nitrogens with zero attached hydrogens (tertiary/aromatic N) is 3. The van der Waals surface area contributed by atoms with Crippen molar-refractivity contribution in [1.82, 2.24) is 15.8 Å². The molecule has 2 aromatic rings. The van der Waals surface area contributed by atoms with Crippen molar-refractivity contribution < 1.29 is 4.52 Å². The molecule has 2 heterocycles. The number of guanidine groups is 1. The summed E-state index contributed by atoms with van der Waals surface area (Å²) < 4.78 is 5.43. The van der Waals surface area contributed by atoms with Crippen LogP contribution in [0.4, 0.5) is 5.69 Å². The molecule has 0 atom stereocenters. The maximum atomic E-state index is 5.43. The van der Waals surface area contributed by atoms with E-state index in [1.807, 2.05) is 0 Å². The van der Waals surface area contributed by atoms with Gasteiger partial charge in [-0.05, 0) is 24.1 Å². The van der Waals surface area contributed by atoms with Gasteiger partial charge in [0.05, 0.1) is 5.69 Å². The third-order valence-corrected chi connectivity index (χ3v) is 4.84. The van der Waals surface area contributed by atoms with Gasteiger partial charge >= 0.3 is 0 Å². The third-order valence-electron chi connectivity index (χ3n) is 4.84. The van der Waals surface area contributed by atoms with E-state index in [0.717, 1.165) is 55.5 Å². The van der Waals surface area contributed by atoms with Crippen LogP contribution in [0.2, 0.25) is 0 Å². The average Bonchev–Trinajstić information content (AvgIpc) is 3.38. The highest BCUT2D eigenvalue weighted by Crippen LogP contribution is 2.18. The predicted octanol–water partition coefficient (Wildman–Crippen LogP) is 3.04. The van der Waals surface area contributed by atoms with Crippen LogP contribution < -0.4 is 15.5 Å². The summed E-state index contributed by atoms with van der Waals surface area (Å²) in [5.41, 5.74) is 4.65. The minimum Gasteiger partial charge on any atom is -0.364 e. The Hall–Kier alpha value is -2.76. The first-order valence-electron chi connectivity index (χ1n) is 9.64. The van der Waals surface area contributed by atoms with Crippen LogP contribution in [0.15, 0.2) is 45.9 Å². The topological polar surface area (TPSA) is 65.7 Å². The average molecular weight is 367 g/mol. The lowest BCUT2D eigenvalue weighted by molar-refractivity contribution is 0.380. The number of anilines is 1. The largest absolute Gasteiger partial charge is 0.364 e. The minimum atomic E-state index is 0.663. The second-order valence-electron chi connectivity index (χ2n) is 6.56. The Kier molecular flexibility index (Phi) is 6.52. The predicted molar refractivity (Wildman–Crippen MR) is 110 cm³/mol. The zero-order valence-corrected chi connectivity index (χ0v) is 16.5. The van der Waals surface area contributed by atoms with E-state index in [2.05, 4.69) is 75.9 Å². The number of aliphatic imine (C=N–C) groups is 1. The molecule has 1 aromatic carbocycles. The van der Waals surface area contributed by atoms with Gasteiger partial charge in [0.25, 0.3) is 0 Å². The normalized spacial score (nSPS) is 14.0. The van der Waals surface area contributed by atoms with Crippen LogP contribution in [0.1, 0.15) is 36.4 Å². The molecule has 0 radical (unpaired) electrons. The van der Waals surface area contributed by atoms with Crippen LogP contribution in [-0.2, 0) is 25.9 Å². The molecule has 0 aliphatic carbocycles. The minimum absolute atomic E-state index is 0.663. The molecule has 1 aliphatic rings. The summed E-state index contributed by atoms with van der Waals surface area (Å²) in [5.74, 6) is 1.72. The highest BCUT2D eigenvalue weighted by atomic mass is 16.5. The molecule has 0 bridgehead atoms. The van der Waals surface area contributed by atoms with E-state index in [4.69, 9.17) is 4.52 Å². The fourth-order valence-electron chi connectivity index (χ4n) is 3.23. The maximum Gasteiger partial charge on any atom is 0.191 e. The van der Waals surface area contributed by atoms with E-state index in [1.54, 1.807) is 7.05 Å². The Balaban J connectivity index is 1.53. The lowest BCUT2D eigenvalue weighted by atomic mass is 10.1. The molecule has 144 valence electrons. The van der Waals surface area contributed by atoms with Gasteiger partial charge in [-0.25, -0.2) is 0 Å². The van der Waals surface area contributed by atoms with E-state index < -0.39 is 0 Å². The van der Waals surface area contributed by atoms with E-state index >= 15 is 0 Å². The molecule has 0 saturated heterocycles. The van der Waals surface area contributed by atoms with Crippen molar-refractivity contribution in [1.29, 1.82) is 0 Å². The molecule has 6 heteroatoms. The SMILES string of the molecule is CCc1noc(CC)c1CNC(=NC)NCc1ccc(N2CC=CC2)cc1. The first-order valence-corrected chi connectivity index (χ1v) is 9.64. The van der Waals surface area contributed by atoms with Crippen molar-refractivity contribution in [2.45, 2.75) is 39.8 Å². The van der Waals surface area contributed by atoms with Gasteiger partial charge in [0.15, 0.2) is 5.96 Å². The monoisotopic (exact) mass is 367 g/mol. The molecule has 2 N–H and O–H groups in total. The highest BCUT2D eigenvalue weighted by Gasteiger charge is 2.13. The number of hydrogen-bond acceptors (Lipinski definition) is 4. The lowest BCUT2D eigenvalue weighted by Crippen LogP contribution is -2.36. The quantitative estimate of drug-likeness (QED) is 0.447. The Morgan fingerprint density at radius 1 is 1.07 bits per heavy atom. The summed E-state index contributed by atoms with van der Waals surface area (Å²) in [6, 6.07) is 8.69. The van der Waals surface area contributed by atoms with E-state index in [9.17, 15) is 0 Å². The van der Waals surface area contributed by atoms with Crippen LogP contribution in [-0.4, -0.2) is 31.3 Å². The van der Waals surface area contributed by atoms with Crippen molar-refractivity contribution in [3.05, 3.63) is 59.0 Å². The fraction of sp³-hybridized carbons (Fsp3) is 0.429. The Labute approximate surface area is 161 Å². The van der Waals surface area contributed by atoms with Gasteiger partial charge in [-0.1, -0.05) is 43.3 Å². The molecular formula is C21H29N5O. The Bertz CT molecular complexity index is 762. The van der Waals surface area contributed by atoms with Crippen molar-refractivity contribution in [2.24, 2.45) is 4.99 Å². The first-order chi connectivity index (χ1) is 13.2.